The lowest BCUT2D eigenvalue weighted by atomic mass is 9.97. The molecule has 0 aromatic heterocycles. The van der Waals surface area contributed by atoms with Crippen LogP contribution in [0, 0.1) is 12.7 Å². The normalized spacial score (nSPS) is 10.8. The minimum Gasteiger partial charge on any atom is -0.294 e. The van der Waals surface area contributed by atoms with E-state index in [1.165, 1.54) is 12.1 Å². The van der Waals surface area contributed by atoms with E-state index < -0.39 is 0 Å². The van der Waals surface area contributed by atoms with E-state index in [2.05, 4.69) is 0 Å². The number of ketones is 1. The van der Waals surface area contributed by atoms with Gasteiger partial charge in [0.1, 0.15) is 5.82 Å². The summed E-state index contributed by atoms with van der Waals surface area (Å²) in [5, 5.41) is 2.15. The fourth-order valence-corrected chi connectivity index (χ4v) is 2.47. The number of carbonyl (C=O) groups excluding carboxylic acids is 1. The topological polar surface area (TPSA) is 17.1 Å². The molecule has 0 bridgehead atoms. The van der Waals surface area contributed by atoms with Crippen molar-refractivity contribution in [2.45, 2.75) is 13.3 Å². The minimum atomic E-state index is -0.304. The molecule has 0 aliphatic heterocycles. The monoisotopic (exact) mass is 278 g/mol. The molecule has 0 aliphatic carbocycles. The van der Waals surface area contributed by atoms with Crippen molar-refractivity contribution in [1.29, 1.82) is 0 Å². The molecule has 1 nitrogen and oxygen atoms in total. The molecule has 3 aromatic rings. The molecule has 0 heterocycles. The Kier molecular flexibility index (Phi) is 3.53. The van der Waals surface area contributed by atoms with Crippen molar-refractivity contribution in [2.75, 3.05) is 0 Å². The number of benzene rings is 3. The Morgan fingerprint density at radius 3 is 2.52 bits per heavy atom. The molecule has 0 aliphatic rings. The molecule has 0 saturated carbocycles. The van der Waals surface area contributed by atoms with Gasteiger partial charge in [-0.2, -0.15) is 0 Å². The van der Waals surface area contributed by atoms with Crippen LogP contribution in [0.5, 0.6) is 0 Å². The van der Waals surface area contributed by atoms with Crippen LogP contribution in [-0.4, -0.2) is 5.78 Å². The van der Waals surface area contributed by atoms with Crippen LogP contribution < -0.4 is 0 Å². The van der Waals surface area contributed by atoms with E-state index in [0.717, 1.165) is 21.9 Å². The number of aryl methyl sites for hydroxylation is 1. The average molecular weight is 278 g/mol. The molecular formula is C19H15FO. The molecule has 3 aromatic carbocycles. The van der Waals surface area contributed by atoms with Crippen LogP contribution >= 0.6 is 0 Å². The Balaban J connectivity index is 1.91. The van der Waals surface area contributed by atoms with Crippen molar-refractivity contribution < 1.29 is 9.18 Å². The molecule has 21 heavy (non-hydrogen) atoms. The summed E-state index contributed by atoms with van der Waals surface area (Å²) in [6.45, 7) is 1.89. The standard InChI is InChI=1S/C19H15FO/c1-13-6-9-18(20)11-17(13)12-19(21)16-8-7-14-4-2-3-5-15(14)10-16/h2-11H,12H2,1H3. The first kappa shape index (κ1) is 13.5. The van der Waals surface area contributed by atoms with E-state index in [-0.39, 0.29) is 18.0 Å². The summed E-state index contributed by atoms with van der Waals surface area (Å²) in [4.78, 5) is 12.4. The summed E-state index contributed by atoms with van der Waals surface area (Å²) in [7, 11) is 0. The molecule has 0 amide bonds. The van der Waals surface area contributed by atoms with Crippen LogP contribution in [0.25, 0.3) is 10.8 Å². The first-order valence-electron chi connectivity index (χ1n) is 6.90. The summed E-state index contributed by atoms with van der Waals surface area (Å²) in [6.07, 6.45) is 0.224. The highest BCUT2D eigenvalue weighted by Crippen LogP contribution is 2.18. The zero-order valence-corrected chi connectivity index (χ0v) is 11.8. The Labute approximate surface area is 123 Å². The quantitative estimate of drug-likeness (QED) is 0.634. The van der Waals surface area contributed by atoms with Crippen molar-refractivity contribution in [3.63, 3.8) is 0 Å². The highest BCUT2D eigenvalue weighted by atomic mass is 19.1. The lowest BCUT2D eigenvalue weighted by Crippen LogP contribution is -2.05. The van der Waals surface area contributed by atoms with E-state index in [1.54, 1.807) is 6.07 Å². The maximum absolute atomic E-state index is 13.3. The molecule has 0 saturated heterocycles. The summed E-state index contributed by atoms with van der Waals surface area (Å²) in [6, 6.07) is 18.2. The maximum atomic E-state index is 13.3. The van der Waals surface area contributed by atoms with Gasteiger partial charge in [0, 0.05) is 12.0 Å². The lowest BCUT2D eigenvalue weighted by Gasteiger charge is -2.06. The third-order valence-corrected chi connectivity index (χ3v) is 3.73. The van der Waals surface area contributed by atoms with Crippen LogP contribution in [-0.2, 0) is 6.42 Å². The van der Waals surface area contributed by atoms with Crippen molar-refractivity contribution in [1.82, 2.24) is 0 Å². The first-order chi connectivity index (χ1) is 10.1. The van der Waals surface area contributed by atoms with Gasteiger partial charge in [0.05, 0.1) is 0 Å². The fraction of sp³-hybridized carbons (Fsp3) is 0.105. The SMILES string of the molecule is Cc1ccc(F)cc1CC(=O)c1ccc2ccccc2c1. The number of fused-ring (bicyclic) bond motifs is 1. The summed E-state index contributed by atoms with van der Waals surface area (Å²) < 4.78 is 13.3. The zero-order chi connectivity index (χ0) is 14.8. The molecule has 0 atom stereocenters. The van der Waals surface area contributed by atoms with Crippen LogP contribution in [0.4, 0.5) is 4.39 Å². The largest absolute Gasteiger partial charge is 0.294 e. The molecule has 0 spiro atoms. The van der Waals surface area contributed by atoms with Crippen LogP contribution in [0.1, 0.15) is 21.5 Å². The predicted molar refractivity (Wildman–Crippen MR) is 83.1 cm³/mol. The number of hydrogen-bond acceptors (Lipinski definition) is 1. The minimum absolute atomic E-state index is 0.00875. The van der Waals surface area contributed by atoms with Gasteiger partial charge in [-0.3, -0.25) is 4.79 Å². The third-order valence-electron chi connectivity index (χ3n) is 3.73. The molecule has 3 rings (SSSR count). The first-order valence-corrected chi connectivity index (χ1v) is 6.90. The highest BCUT2D eigenvalue weighted by molar-refractivity contribution is 6.01. The van der Waals surface area contributed by atoms with E-state index in [0.29, 0.717) is 5.56 Å². The number of hydrogen-bond donors (Lipinski definition) is 0. The third kappa shape index (κ3) is 2.84. The fourth-order valence-electron chi connectivity index (χ4n) is 2.47. The van der Waals surface area contributed by atoms with Gasteiger partial charge in [-0.1, -0.05) is 42.5 Å². The number of rotatable bonds is 3. The van der Waals surface area contributed by atoms with Gasteiger partial charge in [0.15, 0.2) is 5.78 Å². The van der Waals surface area contributed by atoms with Gasteiger partial charge in [-0.05, 0) is 47.0 Å². The van der Waals surface area contributed by atoms with Gasteiger partial charge in [0.2, 0.25) is 0 Å². The smallest absolute Gasteiger partial charge is 0.167 e. The molecular weight excluding hydrogens is 263 g/mol. The van der Waals surface area contributed by atoms with Crippen molar-refractivity contribution in [3.05, 3.63) is 83.2 Å². The van der Waals surface area contributed by atoms with E-state index in [1.807, 2.05) is 49.4 Å². The second kappa shape index (κ2) is 5.49. The van der Waals surface area contributed by atoms with Gasteiger partial charge in [-0.15, -0.1) is 0 Å². The average Bonchev–Trinajstić information content (AvgIpc) is 2.50. The number of Topliss-reactive ketones (excluding diaryl/α,β-unsaturated/α-hetero) is 1. The molecule has 0 fully saturated rings. The molecule has 2 heteroatoms. The second-order valence-corrected chi connectivity index (χ2v) is 5.23. The van der Waals surface area contributed by atoms with E-state index in [4.69, 9.17) is 0 Å². The van der Waals surface area contributed by atoms with E-state index in [9.17, 15) is 9.18 Å². The molecule has 0 radical (unpaired) electrons. The zero-order valence-electron chi connectivity index (χ0n) is 11.8. The van der Waals surface area contributed by atoms with Crippen molar-refractivity contribution >= 4 is 16.6 Å². The maximum Gasteiger partial charge on any atom is 0.167 e. The number of carbonyl (C=O) groups is 1. The van der Waals surface area contributed by atoms with Gasteiger partial charge >= 0.3 is 0 Å². The Morgan fingerprint density at radius 1 is 0.952 bits per heavy atom. The summed E-state index contributed by atoms with van der Waals surface area (Å²) in [5.74, 6) is -0.295. The predicted octanol–water partition coefficient (Wildman–Crippen LogP) is 4.71. The highest BCUT2D eigenvalue weighted by Gasteiger charge is 2.10. The number of halogens is 1. The van der Waals surface area contributed by atoms with Gasteiger partial charge < -0.3 is 0 Å². The van der Waals surface area contributed by atoms with Crippen molar-refractivity contribution in [2.24, 2.45) is 0 Å². The van der Waals surface area contributed by atoms with Crippen molar-refractivity contribution in [3.8, 4) is 0 Å². The Morgan fingerprint density at radius 2 is 1.71 bits per heavy atom. The second-order valence-electron chi connectivity index (χ2n) is 5.23. The molecule has 0 N–H and O–H groups in total. The molecule has 0 unspecified atom stereocenters. The lowest BCUT2D eigenvalue weighted by molar-refractivity contribution is 0.0993. The van der Waals surface area contributed by atoms with Crippen LogP contribution in [0.3, 0.4) is 0 Å². The van der Waals surface area contributed by atoms with Gasteiger partial charge in [-0.25, -0.2) is 4.39 Å². The molecule has 104 valence electrons. The van der Waals surface area contributed by atoms with E-state index >= 15 is 0 Å². The summed E-state index contributed by atoms with van der Waals surface area (Å²) in [5.41, 5.74) is 2.34. The van der Waals surface area contributed by atoms with Gasteiger partial charge in [0.25, 0.3) is 0 Å². The Bertz CT molecular complexity index is 821. The van der Waals surface area contributed by atoms with Crippen LogP contribution in [0.2, 0.25) is 0 Å². The summed E-state index contributed by atoms with van der Waals surface area (Å²) >= 11 is 0. The Hall–Kier alpha value is -2.48. The van der Waals surface area contributed by atoms with Crippen LogP contribution in [0.15, 0.2) is 60.7 Å².